The molecule has 0 aliphatic heterocycles. The van der Waals surface area contributed by atoms with E-state index in [0.717, 1.165) is 11.1 Å². The molecule has 2 atom stereocenters. The molecule has 0 fully saturated rings. The summed E-state index contributed by atoms with van der Waals surface area (Å²) in [4.78, 5) is 13.2. The number of Topliss-reactive ketones (excluding diaryl/α,β-unsaturated/α-hetero) is 1. The van der Waals surface area contributed by atoms with Crippen LogP contribution in [-0.4, -0.2) is 17.0 Å². The third-order valence-corrected chi connectivity index (χ3v) is 8.42. The smallest absolute Gasteiger partial charge is 0.205 e. The Morgan fingerprint density at radius 2 is 1.18 bits per heavy atom. The first kappa shape index (κ1) is 22.9. The highest BCUT2D eigenvalue weighted by atomic mass is 31.2. The van der Waals surface area contributed by atoms with Gasteiger partial charge in [0, 0.05) is 16.2 Å². The Labute approximate surface area is 194 Å². The predicted molar refractivity (Wildman–Crippen MR) is 134 cm³/mol. The quantitative estimate of drug-likeness (QED) is 0.296. The Hall–Kier alpha value is -3.30. The number of aliphatic hydroxyl groups excluding tert-OH is 1. The van der Waals surface area contributed by atoms with Crippen molar-refractivity contribution in [2.45, 2.75) is 19.1 Å². The molecule has 0 saturated heterocycles. The minimum Gasteiger partial charge on any atom is -0.383 e. The van der Waals surface area contributed by atoms with E-state index in [4.69, 9.17) is 0 Å². The Bertz CT molecular complexity index is 1220. The number of aliphatic hydroxyl groups is 1. The first-order valence-corrected chi connectivity index (χ1v) is 12.5. The number of aryl methyl sites for hydroxylation is 1. The van der Waals surface area contributed by atoms with Gasteiger partial charge in [-0.25, -0.2) is 5.09 Å². The number of hydrogen-bond donors (Lipinski definition) is 2. The van der Waals surface area contributed by atoms with Crippen LogP contribution in [0.1, 0.15) is 27.5 Å². The van der Waals surface area contributed by atoms with Gasteiger partial charge in [-0.2, -0.15) is 0 Å². The van der Waals surface area contributed by atoms with E-state index in [0.29, 0.717) is 16.2 Å². The van der Waals surface area contributed by atoms with E-state index in [1.807, 2.05) is 73.7 Å². The van der Waals surface area contributed by atoms with Gasteiger partial charge >= 0.3 is 0 Å². The Balaban J connectivity index is 1.83. The van der Waals surface area contributed by atoms with Crippen LogP contribution in [0.5, 0.6) is 0 Å². The Morgan fingerprint density at radius 3 is 1.70 bits per heavy atom. The van der Waals surface area contributed by atoms with Crippen molar-refractivity contribution in [1.82, 2.24) is 5.09 Å². The molecular formula is C28H26NO3P. The van der Waals surface area contributed by atoms with Gasteiger partial charge in [-0.3, -0.25) is 9.36 Å². The van der Waals surface area contributed by atoms with E-state index in [9.17, 15) is 14.5 Å². The van der Waals surface area contributed by atoms with Crippen LogP contribution in [0.3, 0.4) is 0 Å². The molecule has 4 rings (SSSR count). The summed E-state index contributed by atoms with van der Waals surface area (Å²) in [7, 11) is -3.41. The van der Waals surface area contributed by atoms with E-state index in [1.165, 1.54) is 0 Å². The molecule has 166 valence electrons. The maximum atomic E-state index is 14.6. The van der Waals surface area contributed by atoms with Crippen LogP contribution in [0.2, 0.25) is 0 Å². The lowest BCUT2D eigenvalue weighted by atomic mass is 9.93. The van der Waals surface area contributed by atoms with Gasteiger partial charge in [-0.1, -0.05) is 91.0 Å². The molecule has 0 unspecified atom stereocenters. The SMILES string of the molecule is Cc1ccccc1[C@@H](NP(=O)(c1ccccc1)c1ccccc1)[C@@H](O)C(=O)c1ccccc1. The van der Waals surface area contributed by atoms with Crippen LogP contribution >= 0.6 is 7.29 Å². The normalized spacial score (nSPS) is 13.3. The number of benzene rings is 4. The summed E-state index contributed by atoms with van der Waals surface area (Å²) in [5.41, 5.74) is 2.02. The van der Waals surface area contributed by atoms with Crippen LogP contribution in [0.25, 0.3) is 0 Å². The molecule has 0 aliphatic rings. The molecule has 0 heterocycles. The van der Waals surface area contributed by atoms with Crippen molar-refractivity contribution in [3.05, 3.63) is 132 Å². The molecule has 0 aromatic heterocycles. The molecule has 0 radical (unpaired) electrons. The summed E-state index contributed by atoms with van der Waals surface area (Å²) in [5.74, 6) is -0.427. The lowest BCUT2D eigenvalue weighted by molar-refractivity contribution is 0.0678. The number of ketones is 1. The first-order valence-electron chi connectivity index (χ1n) is 10.8. The largest absolute Gasteiger partial charge is 0.383 e. The molecule has 4 aromatic carbocycles. The van der Waals surface area contributed by atoms with E-state index in [2.05, 4.69) is 5.09 Å². The molecule has 2 N–H and O–H groups in total. The van der Waals surface area contributed by atoms with Gasteiger partial charge in [0.15, 0.2) is 5.78 Å². The molecule has 0 bridgehead atoms. The monoisotopic (exact) mass is 455 g/mol. The topological polar surface area (TPSA) is 66.4 Å². The van der Waals surface area contributed by atoms with Gasteiger partial charge in [0.2, 0.25) is 7.29 Å². The van der Waals surface area contributed by atoms with Gasteiger partial charge in [0.05, 0.1) is 6.04 Å². The summed E-state index contributed by atoms with van der Waals surface area (Å²) in [5, 5.41) is 15.8. The predicted octanol–water partition coefficient (Wildman–Crippen LogP) is 4.80. The van der Waals surface area contributed by atoms with Gasteiger partial charge in [-0.05, 0) is 42.3 Å². The van der Waals surface area contributed by atoms with Crippen LogP contribution in [0.15, 0.2) is 115 Å². The minimum absolute atomic E-state index is 0.402. The van der Waals surface area contributed by atoms with Gasteiger partial charge in [-0.15, -0.1) is 0 Å². The summed E-state index contributed by atoms with van der Waals surface area (Å²) >= 11 is 0. The molecule has 5 heteroatoms. The highest BCUT2D eigenvalue weighted by Gasteiger charge is 2.37. The molecule has 4 aromatic rings. The average molecular weight is 455 g/mol. The third kappa shape index (κ3) is 4.89. The Kier molecular flexibility index (Phi) is 7.00. The van der Waals surface area contributed by atoms with E-state index in [-0.39, 0.29) is 0 Å². The fraction of sp³-hybridized carbons (Fsp3) is 0.107. The summed E-state index contributed by atoms with van der Waals surface area (Å²) in [6.07, 6.45) is -1.44. The summed E-state index contributed by atoms with van der Waals surface area (Å²) in [6.45, 7) is 1.92. The lowest BCUT2D eigenvalue weighted by Crippen LogP contribution is -2.40. The molecule has 0 amide bonds. The van der Waals surface area contributed by atoms with E-state index < -0.39 is 25.2 Å². The number of hydrogen-bond acceptors (Lipinski definition) is 3. The van der Waals surface area contributed by atoms with Crippen molar-refractivity contribution in [1.29, 1.82) is 0 Å². The van der Waals surface area contributed by atoms with Crippen molar-refractivity contribution in [2.75, 3.05) is 0 Å². The second-order valence-corrected chi connectivity index (χ2v) is 10.4. The second-order valence-electron chi connectivity index (χ2n) is 7.92. The highest BCUT2D eigenvalue weighted by molar-refractivity contribution is 7.76. The minimum atomic E-state index is -3.41. The van der Waals surface area contributed by atoms with E-state index in [1.54, 1.807) is 48.5 Å². The van der Waals surface area contributed by atoms with E-state index >= 15 is 0 Å². The molecule has 0 saturated carbocycles. The Morgan fingerprint density at radius 1 is 0.727 bits per heavy atom. The number of nitrogens with one attached hydrogen (secondary N) is 1. The molecule has 0 aliphatic carbocycles. The van der Waals surface area contributed by atoms with Gasteiger partial charge in [0.1, 0.15) is 6.10 Å². The van der Waals surface area contributed by atoms with Crippen LogP contribution < -0.4 is 15.7 Å². The van der Waals surface area contributed by atoms with Crippen molar-refractivity contribution in [2.24, 2.45) is 0 Å². The summed E-state index contributed by atoms with van der Waals surface area (Å²) in [6, 6.07) is 33.6. The molecule has 0 spiro atoms. The summed E-state index contributed by atoms with van der Waals surface area (Å²) < 4.78 is 14.6. The van der Waals surface area contributed by atoms with Crippen molar-refractivity contribution in [3.63, 3.8) is 0 Å². The first-order chi connectivity index (χ1) is 16.0. The van der Waals surface area contributed by atoms with Crippen molar-refractivity contribution in [3.8, 4) is 0 Å². The zero-order valence-electron chi connectivity index (χ0n) is 18.3. The molecule has 33 heavy (non-hydrogen) atoms. The zero-order valence-corrected chi connectivity index (χ0v) is 19.2. The van der Waals surface area contributed by atoms with Crippen LogP contribution in [-0.2, 0) is 4.57 Å². The fourth-order valence-electron chi connectivity index (χ4n) is 3.94. The average Bonchev–Trinajstić information content (AvgIpc) is 2.88. The maximum absolute atomic E-state index is 14.6. The fourth-order valence-corrected chi connectivity index (χ4v) is 6.39. The van der Waals surface area contributed by atoms with Crippen LogP contribution in [0.4, 0.5) is 0 Å². The van der Waals surface area contributed by atoms with Gasteiger partial charge < -0.3 is 5.11 Å². The highest BCUT2D eigenvalue weighted by Crippen LogP contribution is 2.43. The second kappa shape index (κ2) is 10.1. The van der Waals surface area contributed by atoms with Crippen molar-refractivity contribution >= 4 is 23.7 Å². The molecule has 4 nitrogen and oxygen atoms in total. The number of carbonyl (C=O) groups is 1. The van der Waals surface area contributed by atoms with Crippen LogP contribution in [0, 0.1) is 6.92 Å². The number of carbonyl (C=O) groups excluding carboxylic acids is 1. The molecular weight excluding hydrogens is 429 g/mol. The van der Waals surface area contributed by atoms with Gasteiger partial charge in [0.25, 0.3) is 0 Å². The lowest BCUT2D eigenvalue weighted by Gasteiger charge is -2.30. The third-order valence-electron chi connectivity index (χ3n) is 5.73. The van der Waals surface area contributed by atoms with Crippen molar-refractivity contribution < 1.29 is 14.5 Å². The number of rotatable bonds is 8. The maximum Gasteiger partial charge on any atom is 0.205 e. The zero-order chi connectivity index (χ0) is 23.3. The standard InChI is InChI=1S/C28H26NO3P/c1-21-13-11-12-20-25(21)26(28(31)27(30)22-14-5-2-6-15-22)29-33(32,23-16-7-3-8-17-23)24-18-9-4-10-19-24/h2-20,26,28,31H,1H3,(H,29,32)/t26-,28-/m1/s1.